The fraction of sp³-hybridized carbons (Fsp3) is 0.292. The molecule has 1 saturated heterocycles. The molecule has 2 heterocycles. The van der Waals surface area contributed by atoms with E-state index in [0.29, 0.717) is 29.2 Å². The largest absolute Gasteiger partial charge is 0.457 e. The molecule has 1 amide bonds. The van der Waals surface area contributed by atoms with Gasteiger partial charge in [0.2, 0.25) is 6.41 Å². The molecule has 8 nitrogen and oxygen atoms in total. The molecule has 0 bridgehead atoms. The van der Waals surface area contributed by atoms with Crippen molar-refractivity contribution in [1.82, 2.24) is 15.1 Å². The van der Waals surface area contributed by atoms with Crippen LogP contribution in [0.15, 0.2) is 54.6 Å². The molecular weight excluding hydrogens is 406 g/mol. The maximum absolute atomic E-state index is 12.0. The first-order valence-corrected chi connectivity index (χ1v) is 10.6. The van der Waals surface area contributed by atoms with Gasteiger partial charge in [-0.05, 0) is 76.3 Å². The van der Waals surface area contributed by atoms with Gasteiger partial charge in [-0.1, -0.05) is 18.2 Å². The Morgan fingerprint density at radius 1 is 1.03 bits per heavy atom. The summed E-state index contributed by atoms with van der Waals surface area (Å²) in [6.45, 7) is 3.81. The molecule has 1 aromatic heterocycles. The predicted octanol–water partition coefficient (Wildman–Crippen LogP) is 3.40. The molecule has 1 aliphatic rings. The molecule has 0 unspecified atom stereocenters. The van der Waals surface area contributed by atoms with Crippen molar-refractivity contribution < 1.29 is 14.3 Å². The normalized spacial score (nSPS) is 14.6. The van der Waals surface area contributed by atoms with Crippen LogP contribution in [0.2, 0.25) is 0 Å². The van der Waals surface area contributed by atoms with Crippen molar-refractivity contribution in [3.05, 3.63) is 60.2 Å². The summed E-state index contributed by atoms with van der Waals surface area (Å²) in [5, 5.41) is 10.8. The number of aromatic nitrogens is 2. The summed E-state index contributed by atoms with van der Waals surface area (Å²) in [5.74, 6) is 1.87. The molecule has 3 aromatic rings. The van der Waals surface area contributed by atoms with Gasteiger partial charge in [0, 0.05) is 5.56 Å². The Morgan fingerprint density at radius 3 is 2.25 bits per heavy atom. The first-order chi connectivity index (χ1) is 15.6. The number of aldehydes is 1. The molecule has 0 spiro atoms. The highest BCUT2D eigenvalue weighted by Crippen LogP contribution is 2.36. The summed E-state index contributed by atoms with van der Waals surface area (Å²) in [6, 6.07) is 16.9. The van der Waals surface area contributed by atoms with E-state index in [0.717, 1.165) is 43.5 Å². The summed E-state index contributed by atoms with van der Waals surface area (Å²) in [4.78, 5) is 23.2. The van der Waals surface area contributed by atoms with Crippen LogP contribution in [0.5, 0.6) is 11.5 Å². The third-order valence-electron chi connectivity index (χ3n) is 5.53. The van der Waals surface area contributed by atoms with Crippen molar-refractivity contribution in [2.75, 3.05) is 25.5 Å². The number of ether oxygens (including phenoxy) is 1. The van der Waals surface area contributed by atoms with Crippen molar-refractivity contribution >= 4 is 18.5 Å². The number of nitrogens with one attached hydrogen (secondary N) is 2. The van der Waals surface area contributed by atoms with Gasteiger partial charge in [-0.25, -0.2) is 4.68 Å². The SMILES string of the molecule is CC1(n2nc(-c3ccc(Oc4ccccc4)cc3)c(C=O)c2NC=O)CCNCC1.CN. The van der Waals surface area contributed by atoms with Gasteiger partial charge in [0.25, 0.3) is 0 Å². The zero-order valence-corrected chi connectivity index (χ0v) is 18.4. The first-order valence-electron chi connectivity index (χ1n) is 10.6. The number of anilines is 1. The van der Waals surface area contributed by atoms with Crippen LogP contribution in [0.1, 0.15) is 30.1 Å². The van der Waals surface area contributed by atoms with E-state index in [1.54, 1.807) is 4.68 Å². The van der Waals surface area contributed by atoms with E-state index in [1.165, 1.54) is 7.05 Å². The summed E-state index contributed by atoms with van der Waals surface area (Å²) in [7, 11) is 1.50. The molecule has 168 valence electrons. The van der Waals surface area contributed by atoms with E-state index in [1.807, 2.05) is 54.6 Å². The molecule has 0 atom stereocenters. The number of carbonyl (C=O) groups is 2. The molecular formula is C24H29N5O3. The molecule has 2 aromatic carbocycles. The van der Waals surface area contributed by atoms with Crippen LogP contribution < -0.4 is 21.1 Å². The van der Waals surface area contributed by atoms with Gasteiger partial charge in [0.1, 0.15) is 23.0 Å². The van der Waals surface area contributed by atoms with E-state index >= 15 is 0 Å². The lowest BCUT2D eigenvalue weighted by atomic mass is 9.91. The third kappa shape index (κ3) is 4.87. The molecule has 4 N–H and O–H groups in total. The monoisotopic (exact) mass is 435 g/mol. The van der Waals surface area contributed by atoms with Gasteiger partial charge in [-0.2, -0.15) is 5.10 Å². The number of hydrogen-bond acceptors (Lipinski definition) is 6. The molecule has 32 heavy (non-hydrogen) atoms. The molecule has 0 saturated carbocycles. The molecule has 4 rings (SSSR count). The Morgan fingerprint density at radius 2 is 1.66 bits per heavy atom. The summed E-state index contributed by atoms with van der Waals surface area (Å²) in [6.07, 6.45) is 3.04. The average Bonchev–Trinajstić information content (AvgIpc) is 3.21. The minimum Gasteiger partial charge on any atom is -0.457 e. The third-order valence-corrected chi connectivity index (χ3v) is 5.53. The lowest BCUT2D eigenvalue weighted by molar-refractivity contribution is -0.105. The van der Waals surface area contributed by atoms with Crippen LogP contribution >= 0.6 is 0 Å². The van der Waals surface area contributed by atoms with Crippen LogP contribution in [-0.2, 0) is 10.3 Å². The van der Waals surface area contributed by atoms with Crippen molar-refractivity contribution in [3.63, 3.8) is 0 Å². The number of carbonyl (C=O) groups excluding carboxylic acids is 2. The quantitative estimate of drug-likeness (QED) is 0.491. The zero-order chi connectivity index (χ0) is 23.0. The molecule has 8 heteroatoms. The van der Waals surface area contributed by atoms with Crippen molar-refractivity contribution in [1.29, 1.82) is 0 Å². The van der Waals surface area contributed by atoms with Gasteiger partial charge in [0.15, 0.2) is 6.29 Å². The summed E-state index contributed by atoms with van der Waals surface area (Å²) >= 11 is 0. The zero-order valence-electron chi connectivity index (χ0n) is 18.4. The average molecular weight is 436 g/mol. The van der Waals surface area contributed by atoms with E-state index in [4.69, 9.17) is 9.84 Å². The molecule has 0 aliphatic carbocycles. The number of nitrogens with two attached hydrogens (primary N) is 1. The number of rotatable bonds is 7. The minimum atomic E-state index is -0.289. The van der Waals surface area contributed by atoms with Gasteiger partial charge in [0.05, 0.1) is 11.1 Å². The Hall–Kier alpha value is -3.49. The van der Waals surface area contributed by atoms with Crippen molar-refractivity contribution in [2.45, 2.75) is 25.3 Å². The Kier molecular flexibility index (Phi) is 7.75. The molecule has 1 aliphatic heterocycles. The highest BCUT2D eigenvalue weighted by molar-refractivity contribution is 5.95. The van der Waals surface area contributed by atoms with Crippen molar-refractivity contribution in [3.8, 4) is 22.8 Å². The van der Waals surface area contributed by atoms with Crippen LogP contribution in [0.25, 0.3) is 11.3 Å². The first kappa shape index (κ1) is 23.2. The fourth-order valence-electron chi connectivity index (χ4n) is 3.82. The highest BCUT2D eigenvalue weighted by atomic mass is 16.5. The summed E-state index contributed by atoms with van der Waals surface area (Å²) < 4.78 is 7.64. The maximum Gasteiger partial charge on any atom is 0.212 e. The predicted molar refractivity (Wildman–Crippen MR) is 125 cm³/mol. The lowest BCUT2D eigenvalue weighted by Gasteiger charge is -2.35. The van der Waals surface area contributed by atoms with E-state index in [2.05, 4.69) is 23.3 Å². The Labute approximate surface area is 187 Å². The Bertz CT molecular complexity index is 1030. The van der Waals surface area contributed by atoms with E-state index in [-0.39, 0.29) is 5.54 Å². The topological polar surface area (TPSA) is 111 Å². The van der Waals surface area contributed by atoms with Crippen molar-refractivity contribution in [2.24, 2.45) is 5.73 Å². The standard InChI is InChI=1S/C23H24N4O3.CH5N/c1-23(11-13-24-14-12-23)27-22(25-16-29)20(15-28)21(26-27)17-7-9-19(10-8-17)30-18-5-3-2-4-6-18;1-2/h2-10,15-16,24H,11-14H2,1H3,(H,25,29);2H2,1H3. The van der Waals surface area contributed by atoms with Crippen LogP contribution in [0.3, 0.4) is 0 Å². The molecule has 0 radical (unpaired) electrons. The van der Waals surface area contributed by atoms with E-state index < -0.39 is 0 Å². The maximum atomic E-state index is 12.0. The van der Waals surface area contributed by atoms with Gasteiger partial charge in [-0.15, -0.1) is 0 Å². The number of amides is 1. The second kappa shape index (κ2) is 10.7. The molecule has 1 fully saturated rings. The minimum absolute atomic E-state index is 0.289. The van der Waals surface area contributed by atoms with Crippen LogP contribution in [0, 0.1) is 0 Å². The van der Waals surface area contributed by atoms with Crippen LogP contribution in [-0.4, -0.2) is 42.6 Å². The van der Waals surface area contributed by atoms with Crippen LogP contribution in [0.4, 0.5) is 5.82 Å². The van der Waals surface area contributed by atoms with E-state index in [9.17, 15) is 9.59 Å². The number of piperidine rings is 1. The Balaban J connectivity index is 0.00000141. The number of nitrogens with zero attached hydrogens (tertiary/aromatic N) is 2. The lowest BCUT2D eigenvalue weighted by Crippen LogP contribution is -2.43. The second-order valence-corrected chi connectivity index (χ2v) is 7.59. The van der Waals surface area contributed by atoms with Gasteiger partial charge >= 0.3 is 0 Å². The highest BCUT2D eigenvalue weighted by Gasteiger charge is 2.34. The number of benzene rings is 2. The van der Waals surface area contributed by atoms with Gasteiger partial charge in [-0.3, -0.25) is 9.59 Å². The fourth-order valence-corrected chi connectivity index (χ4v) is 3.82. The smallest absolute Gasteiger partial charge is 0.212 e. The summed E-state index contributed by atoms with van der Waals surface area (Å²) in [5.41, 5.74) is 5.91. The van der Waals surface area contributed by atoms with Gasteiger partial charge < -0.3 is 21.1 Å². The number of hydrogen-bond donors (Lipinski definition) is 3. The second-order valence-electron chi connectivity index (χ2n) is 7.59. The number of para-hydroxylation sites is 1.